The van der Waals surface area contributed by atoms with Crippen LogP contribution in [0.15, 0.2) is 0 Å². The van der Waals surface area contributed by atoms with Gasteiger partial charge in [0.25, 0.3) is 0 Å². The number of carboxylic acid groups (broad SMARTS) is 1. The van der Waals surface area contributed by atoms with Crippen LogP contribution in [0, 0.1) is 5.92 Å². The lowest BCUT2D eigenvalue weighted by Gasteiger charge is -2.13. The molecule has 0 rings (SSSR count). The van der Waals surface area contributed by atoms with E-state index in [1.807, 2.05) is 0 Å². The van der Waals surface area contributed by atoms with E-state index in [1.54, 1.807) is 13.8 Å². The number of aliphatic hydroxyl groups excluding tert-OH is 1. The molecule has 1 atom stereocenters. The van der Waals surface area contributed by atoms with Crippen LogP contribution in [0.2, 0.25) is 0 Å². The number of aliphatic carboxylic acids is 1. The van der Waals surface area contributed by atoms with Crippen LogP contribution < -0.4 is 5.11 Å². The van der Waals surface area contributed by atoms with E-state index in [0.29, 0.717) is 0 Å². The zero-order valence-electron chi connectivity index (χ0n) is 4.92. The number of carbonyl (C=O) groups excluding carboxylic acids is 1. The largest absolute Gasteiger partial charge is 0.547 e. The van der Waals surface area contributed by atoms with Crippen molar-refractivity contribution in [2.24, 2.45) is 5.92 Å². The van der Waals surface area contributed by atoms with E-state index in [-0.39, 0.29) is 5.92 Å². The molecule has 0 aromatic carbocycles. The number of rotatable bonds is 2. The van der Waals surface area contributed by atoms with Gasteiger partial charge in [-0.05, 0) is 5.92 Å². The molecule has 0 spiro atoms. The van der Waals surface area contributed by atoms with Gasteiger partial charge < -0.3 is 15.0 Å². The maximum Gasteiger partial charge on any atom is 0.0956 e. The summed E-state index contributed by atoms with van der Waals surface area (Å²) in [7, 11) is 0. The first-order chi connectivity index (χ1) is 3.55. The van der Waals surface area contributed by atoms with Crippen molar-refractivity contribution < 1.29 is 15.0 Å². The van der Waals surface area contributed by atoms with E-state index in [0.717, 1.165) is 0 Å². The van der Waals surface area contributed by atoms with Gasteiger partial charge in [-0.1, -0.05) is 13.8 Å². The second-order valence-corrected chi connectivity index (χ2v) is 2.01. The first kappa shape index (κ1) is 7.43. The molecule has 0 fully saturated rings. The van der Waals surface area contributed by atoms with Crippen molar-refractivity contribution in [3.05, 3.63) is 0 Å². The Kier molecular flexibility index (Phi) is 2.48. The van der Waals surface area contributed by atoms with E-state index in [4.69, 9.17) is 5.11 Å². The third-order valence-electron chi connectivity index (χ3n) is 0.873. The lowest BCUT2D eigenvalue weighted by molar-refractivity contribution is -0.316. The molecule has 0 aliphatic heterocycles. The molecular weight excluding hydrogens is 108 g/mol. The average molecular weight is 117 g/mol. The van der Waals surface area contributed by atoms with Crippen molar-refractivity contribution in [3.8, 4) is 0 Å². The highest BCUT2D eigenvalue weighted by Gasteiger charge is 2.08. The standard InChI is InChI=1S/C5H10O3/c1-3(2)4(6)5(7)8/h3-4,6H,1-2H3,(H,7,8)/p-1/t4-/m1/s1. The maximum absolute atomic E-state index is 9.78. The molecule has 0 amide bonds. The summed E-state index contributed by atoms with van der Waals surface area (Å²) < 4.78 is 0. The van der Waals surface area contributed by atoms with E-state index in [9.17, 15) is 9.90 Å². The van der Waals surface area contributed by atoms with Crippen LogP contribution >= 0.6 is 0 Å². The first-order valence-corrected chi connectivity index (χ1v) is 2.44. The molecule has 0 saturated carbocycles. The van der Waals surface area contributed by atoms with Gasteiger partial charge in [0.1, 0.15) is 0 Å². The quantitative estimate of drug-likeness (QED) is 0.491. The molecular formula is C5H9O3-. The molecule has 0 aromatic rings. The van der Waals surface area contributed by atoms with Gasteiger partial charge in [0.2, 0.25) is 0 Å². The van der Waals surface area contributed by atoms with Crippen molar-refractivity contribution in [1.29, 1.82) is 0 Å². The molecule has 8 heavy (non-hydrogen) atoms. The molecule has 0 aliphatic rings. The summed E-state index contributed by atoms with van der Waals surface area (Å²) in [5, 5.41) is 18.3. The Balaban J connectivity index is 3.64. The first-order valence-electron chi connectivity index (χ1n) is 2.44. The number of carboxylic acids is 1. The van der Waals surface area contributed by atoms with Gasteiger partial charge in [0.15, 0.2) is 0 Å². The van der Waals surface area contributed by atoms with Crippen molar-refractivity contribution in [1.82, 2.24) is 0 Å². The second kappa shape index (κ2) is 2.67. The minimum atomic E-state index is -1.40. The predicted octanol–water partition coefficient (Wildman–Crippen LogP) is -1.25. The fraction of sp³-hybridized carbons (Fsp3) is 0.800. The third kappa shape index (κ3) is 1.93. The summed E-state index contributed by atoms with van der Waals surface area (Å²) in [6, 6.07) is 0. The van der Waals surface area contributed by atoms with Gasteiger partial charge in [-0.2, -0.15) is 0 Å². The Hall–Kier alpha value is -0.570. The lowest BCUT2D eigenvalue weighted by Crippen LogP contribution is -2.38. The molecule has 3 heteroatoms. The number of hydrogen-bond donors (Lipinski definition) is 1. The van der Waals surface area contributed by atoms with Crippen LogP contribution in [0.5, 0.6) is 0 Å². The summed E-state index contributed by atoms with van der Waals surface area (Å²) in [5.41, 5.74) is 0. The van der Waals surface area contributed by atoms with E-state index in [1.165, 1.54) is 0 Å². The van der Waals surface area contributed by atoms with Crippen molar-refractivity contribution in [2.75, 3.05) is 0 Å². The molecule has 0 unspecified atom stereocenters. The Bertz CT molecular complexity index is 87.7. The van der Waals surface area contributed by atoms with Crippen LogP contribution in [0.4, 0.5) is 0 Å². The topological polar surface area (TPSA) is 60.4 Å². The fourth-order valence-corrected chi connectivity index (χ4v) is 0.272. The highest BCUT2D eigenvalue weighted by Crippen LogP contribution is 1.97. The normalized spacial score (nSPS) is 14.0. The van der Waals surface area contributed by atoms with E-state index < -0.39 is 12.1 Å². The van der Waals surface area contributed by atoms with Crippen molar-refractivity contribution in [2.45, 2.75) is 20.0 Å². The van der Waals surface area contributed by atoms with E-state index >= 15 is 0 Å². The van der Waals surface area contributed by atoms with Gasteiger partial charge in [-0.15, -0.1) is 0 Å². The van der Waals surface area contributed by atoms with Gasteiger partial charge in [0, 0.05) is 0 Å². The number of carbonyl (C=O) groups is 1. The SMILES string of the molecule is CC(C)[C@@H](O)C(=O)[O-]. The highest BCUT2D eigenvalue weighted by atomic mass is 16.4. The van der Waals surface area contributed by atoms with Crippen LogP contribution in [-0.2, 0) is 4.79 Å². The number of hydrogen-bond acceptors (Lipinski definition) is 3. The molecule has 0 aromatic heterocycles. The Morgan fingerprint density at radius 1 is 1.62 bits per heavy atom. The van der Waals surface area contributed by atoms with Gasteiger partial charge >= 0.3 is 0 Å². The Morgan fingerprint density at radius 2 is 2.00 bits per heavy atom. The molecule has 0 radical (unpaired) electrons. The summed E-state index contributed by atoms with van der Waals surface area (Å²) >= 11 is 0. The molecule has 0 saturated heterocycles. The molecule has 0 bridgehead atoms. The smallest absolute Gasteiger partial charge is 0.0956 e. The minimum absolute atomic E-state index is 0.264. The summed E-state index contributed by atoms with van der Waals surface area (Å²) in [4.78, 5) is 9.78. The van der Waals surface area contributed by atoms with Gasteiger partial charge in [0.05, 0.1) is 12.1 Å². The third-order valence-corrected chi connectivity index (χ3v) is 0.873. The molecule has 1 N–H and O–H groups in total. The molecule has 48 valence electrons. The zero-order valence-corrected chi connectivity index (χ0v) is 4.92. The van der Waals surface area contributed by atoms with Gasteiger partial charge in [-0.25, -0.2) is 0 Å². The summed E-state index contributed by atoms with van der Waals surface area (Å²) in [6.07, 6.45) is -1.32. The lowest BCUT2D eigenvalue weighted by atomic mass is 10.1. The summed E-state index contributed by atoms with van der Waals surface area (Å²) in [5.74, 6) is -1.67. The van der Waals surface area contributed by atoms with Crippen molar-refractivity contribution >= 4 is 5.97 Å². The van der Waals surface area contributed by atoms with Gasteiger partial charge in [-0.3, -0.25) is 0 Å². The molecule has 0 heterocycles. The van der Waals surface area contributed by atoms with Crippen LogP contribution in [0.3, 0.4) is 0 Å². The Labute approximate surface area is 47.9 Å². The van der Waals surface area contributed by atoms with Crippen LogP contribution in [-0.4, -0.2) is 17.2 Å². The van der Waals surface area contributed by atoms with Crippen LogP contribution in [0.1, 0.15) is 13.8 Å². The zero-order chi connectivity index (χ0) is 6.73. The molecule has 0 aliphatic carbocycles. The molecule has 3 nitrogen and oxygen atoms in total. The predicted molar refractivity (Wildman–Crippen MR) is 25.9 cm³/mol. The summed E-state index contributed by atoms with van der Waals surface area (Å²) in [6.45, 7) is 3.22. The van der Waals surface area contributed by atoms with E-state index in [2.05, 4.69) is 0 Å². The fourth-order valence-electron chi connectivity index (χ4n) is 0.272. The number of aliphatic hydroxyl groups is 1. The Morgan fingerprint density at radius 3 is 2.00 bits per heavy atom. The maximum atomic E-state index is 9.78. The second-order valence-electron chi connectivity index (χ2n) is 2.01. The highest BCUT2D eigenvalue weighted by molar-refractivity contribution is 5.69. The average Bonchev–Trinajstić information content (AvgIpc) is 1.64. The van der Waals surface area contributed by atoms with Crippen LogP contribution in [0.25, 0.3) is 0 Å². The minimum Gasteiger partial charge on any atom is -0.547 e. The van der Waals surface area contributed by atoms with Crippen molar-refractivity contribution in [3.63, 3.8) is 0 Å². The monoisotopic (exact) mass is 117 g/mol.